The second-order valence-corrected chi connectivity index (χ2v) is 4.74. The Labute approximate surface area is 114 Å². The van der Waals surface area contributed by atoms with Crippen molar-refractivity contribution in [1.82, 2.24) is 0 Å². The molecule has 3 nitrogen and oxygen atoms in total. The quantitative estimate of drug-likeness (QED) is 0.633. The first kappa shape index (κ1) is 15.4. The molecule has 0 fully saturated rings. The lowest BCUT2D eigenvalue weighted by Gasteiger charge is -2.11. The van der Waals surface area contributed by atoms with Crippen molar-refractivity contribution in [3.05, 3.63) is 46.5 Å². The number of benzene rings is 1. The average Bonchev–Trinajstić information content (AvgIpc) is 2.44. The highest BCUT2D eigenvalue weighted by molar-refractivity contribution is 5.69. The van der Waals surface area contributed by atoms with Crippen LogP contribution in [0.2, 0.25) is 0 Å². The maximum Gasteiger partial charge on any atom is 0.305 e. The van der Waals surface area contributed by atoms with Gasteiger partial charge in [0.25, 0.3) is 0 Å². The molecule has 0 spiro atoms. The second-order valence-electron chi connectivity index (χ2n) is 4.74. The summed E-state index contributed by atoms with van der Waals surface area (Å²) in [5.41, 5.74) is 4.55. The van der Waals surface area contributed by atoms with Crippen molar-refractivity contribution in [3.8, 4) is 0 Å². The lowest BCUT2D eigenvalue weighted by Crippen LogP contribution is -2.04. The number of rotatable bonds is 6. The fraction of sp³-hybridized carbons (Fsp3) is 0.438. The van der Waals surface area contributed by atoms with E-state index in [1.165, 1.54) is 18.2 Å². The summed E-state index contributed by atoms with van der Waals surface area (Å²) in [5, 5.41) is 9.14. The minimum Gasteiger partial charge on any atom is -0.469 e. The third kappa shape index (κ3) is 4.87. The van der Waals surface area contributed by atoms with Crippen LogP contribution in [0.25, 0.3) is 0 Å². The molecule has 0 amide bonds. The Kier molecular flexibility index (Phi) is 6.30. The zero-order valence-electron chi connectivity index (χ0n) is 11.9. The van der Waals surface area contributed by atoms with Crippen LogP contribution < -0.4 is 0 Å². The molecular formula is C16H22O3. The van der Waals surface area contributed by atoms with Gasteiger partial charge in [-0.15, -0.1) is 0 Å². The fourth-order valence-corrected chi connectivity index (χ4v) is 1.88. The molecule has 19 heavy (non-hydrogen) atoms. The van der Waals surface area contributed by atoms with Crippen molar-refractivity contribution in [2.75, 3.05) is 13.7 Å². The van der Waals surface area contributed by atoms with Crippen LogP contribution in [0.4, 0.5) is 0 Å². The number of carbonyl (C=O) groups is 1. The molecule has 104 valence electrons. The zero-order chi connectivity index (χ0) is 14.3. The van der Waals surface area contributed by atoms with E-state index in [9.17, 15) is 4.79 Å². The van der Waals surface area contributed by atoms with Crippen LogP contribution in [-0.2, 0) is 22.4 Å². The van der Waals surface area contributed by atoms with Crippen molar-refractivity contribution < 1.29 is 14.6 Å². The molecule has 1 aromatic carbocycles. The lowest BCUT2D eigenvalue weighted by atomic mass is 9.96. The Balaban J connectivity index is 2.81. The highest BCUT2D eigenvalue weighted by atomic mass is 16.5. The maximum absolute atomic E-state index is 11.2. The van der Waals surface area contributed by atoms with E-state index < -0.39 is 0 Å². The summed E-state index contributed by atoms with van der Waals surface area (Å²) in [4.78, 5) is 11.2. The molecular weight excluding hydrogens is 240 g/mol. The smallest absolute Gasteiger partial charge is 0.305 e. The topological polar surface area (TPSA) is 46.5 Å². The molecule has 0 bridgehead atoms. The van der Waals surface area contributed by atoms with Crippen LogP contribution in [0.5, 0.6) is 0 Å². The number of hydrogen-bond acceptors (Lipinski definition) is 3. The van der Waals surface area contributed by atoms with Crippen molar-refractivity contribution in [1.29, 1.82) is 0 Å². The Morgan fingerprint density at radius 2 is 1.79 bits per heavy atom. The highest BCUT2D eigenvalue weighted by Gasteiger charge is 2.07. The molecule has 0 radical (unpaired) electrons. The summed E-state index contributed by atoms with van der Waals surface area (Å²) in [6.07, 6.45) is 1.90. The Morgan fingerprint density at radius 3 is 2.37 bits per heavy atom. The van der Waals surface area contributed by atoms with Gasteiger partial charge in [0.15, 0.2) is 0 Å². The molecule has 1 aromatic rings. The summed E-state index contributed by atoms with van der Waals surface area (Å²) in [6.45, 7) is 4.06. The average molecular weight is 262 g/mol. The van der Waals surface area contributed by atoms with Crippen LogP contribution in [0.15, 0.2) is 35.4 Å². The zero-order valence-corrected chi connectivity index (χ0v) is 11.9. The van der Waals surface area contributed by atoms with Crippen LogP contribution in [0.3, 0.4) is 0 Å². The van der Waals surface area contributed by atoms with Gasteiger partial charge in [-0.25, -0.2) is 0 Å². The molecule has 0 saturated heterocycles. The number of methoxy groups -OCH3 is 1. The minimum absolute atomic E-state index is 0.0934. The molecule has 1 rings (SSSR count). The van der Waals surface area contributed by atoms with E-state index >= 15 is 0 Å². The summed E-state index contributed by atoms with van der Waals surface area (Å²) in [6, 6.07) is 8.09. The fourth-order valence-electron chi connectivity index (χ4n) is 1.88. The number of aliphatic hydroxyl groups is 1. The van der Waals surface area contributed by atoms with Gasteiger partial charge >= 0.3 is 5.97 Å². The summed E-state index contributed by atoms with van der Waals surface area (Å²) in [7, 11) is 1.41. The van der Waals surface area contributed by atoms with Crippen molar-refractivity contribution in [2.24, 2.45) is 0 Å². The number of aliphatic hydroxyl groups excluding tert-OH is 1. The van der Waals surface area contributed by atoms with Gasteiger partial charge in [-0.05, 0) is 43.4 Å². The molecule has 0 aromatic heterocycles. The molecule has 0 heterocycles. The van der Waals surface area contributed by atoms with Crippen molar-refractivity contribution >= 4 is 5.97 Å². The third-order valence-electron chi connectivity index (χ3n) is 3.37. The highest BCUT2D eigenvalue weighted by Crippen LogP contribution is 2.17. The summed E-state index contributed by atoms with van der Waals surface area (Å²) >= 11 is 0. The number of ether oxygens (including phenoxy) is 1. The van der Waals surface area contributed by atoms with Gasteiger partial charge in [0, 0.05) is 6.42 Å². The number of hydrogen-bond donors (Lipinski definition) is 1. The van der Waals surface area contributed by atoms with Crippen LogP contribution >= 0.6 is 0 Å². The predicted molar refractivity (Wildman–Crippen MR) is 75.9 cm³/mol. The summed E-state index contributed by atoms with van der Waals surface area (Å²) < 4.78 is 4.67. The van der Waals surface area contributed by atoms with Gasteiger partial charge in [0.05, 0.1) is 13.7 Å². The van der Waals surface area contributed by atoms with E-state index in [0.29, 0.717) is 12.8 Å². The van der Waals surface area contributed by atoms with Crippen molar-refractivity contribution in [2.45, 2.75) is 33.1 Å². The molecule has 1 N–H and O–H groups in total. The largest absolute Gasteiger partial charge is 0.469 e. The Bertz CT molecular complexity index is 461. The second kappa shape index (κ2) is 7.74. The van der Waals surface area contributed by atoms with E-state index in [1.807, 2.05) is 32.0 Å². The predicted octanol–water partition coefficient (Wildman–Crippen LogP) is 2.66. The third-order valence-corrected chi connectivity index (χ3v) is 3.37. The van der Waals surface area contributed by atoms with E-state index in [1.54, 1.807) is 0 Å². The maximum atomic E-state index is 11.2. The van der Waals surface area contributed by atoms with Gasteiger partial charge in [0.1, 0.15) is 0 Å². The van der Waals surface area contributed by atoms with Crippen LogP contribution in [0, 0.1) is 0 Å². The lowest BCUT2D eigenvalue weighted by molar-refractivity contribution is -0.140. The van der Waals surface area contributed by atoms with Gasteiger partial charge in [0.2, 0.25) is 0 Å². The van der Waals surface area contributed by atoms with Gasteiger partial charge in [-0.3, -0.25) is 4.79 Å². The summed E-state index contributed by atoms with van der Waals surface area (Å²) in [5.74, 6) is -0.186. The molecule has 0 unspecified atom stereocenters. The van der Waals surface area contributed by atoms with Gasteiger partial charge in [-0.1, -0.05) is 29.8 Å². The monoisotopic (exact) mass is 262 g/mol. The molecule has 0 atom stereocenters. The first-order chi connectivity index (χ1) is 9.08. The molecule has 0 saturated carbocycles. The molecule has 0 aliphatic carbocycles. The molecule has 0 aliphatic rings. The first-order valence-electron chi connectivity index (χ1n) is 6.48. The number of carbonyl (C=O) groups excluding carboxylic acids is 1. The van der Waals surface area contributed by atoms with Gasteiger partial charge in [-0.2, -0.15) is 0 Å². The number of aryl methyl sites for hydroxylation is 1. The van der Waals surface area contributed by atoms with E-state index in [4.69, 9.17) is 5.11 Å². The Morgan fingerprint density at radius 1 is 1.16 bits per heavy atom. The molecule has 3 heteroatoms. The van der Waals surface area contributed by atoms with Gasteiger partial charge < -0.3 is 9.84 Å². The number of esters is 1. The first-order valence-corrected chi connectivity index (χ1v) is 6.48. The SMILES string of the molecule is COC(=O)CCc1ccccc1C/C(C)=C(/C)CO. The molecule has 0 aliphatic heterocycles. The van der Waals surface area contributed by atoms with Crippen LogP contribution in [-0.4, -0.2) is 24.8 Å². The van der Waals surface area contributed by atoms with E-state index in [-0.39, 0.29) is 12.6 Å². The van der Waals surface area contributed by atoms with E-state index in [2.05, 4.69) is 10.8 Å². The van der Waals surface area contributed by atoms with E-state index in [0.717, 1.165) is 17.6 Å². The van der Waals surface area contributed by atoms with Crippen molar-refractivity contribution in [3.63, 3.8) is 0 Å². The normalized spacial score (nSPS) is 12.0. The number of allylic oxidation sites excluding steroid dienone is 1. The minimum atomic E-state index is -0.186. The Hall–Kier alpha value is -1.61. The van der Waals surface area contributed by atoms with Crippen LogP contribution in [0.1, 0.15) is 31.4 Å². The standard InChI is InChI=1S/C16H22O3/c1-12(13(2)11-17)10-15-7-5-4-6-14(15)8-9-16(18)19-3/h4-7,17H,8-11H2,1-3H3/b13-12-.